The van der Waals surface area contributed by atoms with Gasteiger partial charge in [-0.25, -0.2) is 13.1 Å². The van der Waals surface area contributed by atoms with Gasteiger partial charge in [-0.1, -0.05) is 42.8 Å². The quantitative estimate of drug-likeness (QED) is 0.764. The van der Waals surface area contributed by atoms with Gasteiger partial charge in [0.15, 0.2) is 0 Å². The molecule has 27 heavy (non-hydrogen) atoms. The third-order valence-corrected chi connectivity index (χ3v) is 6.50. The van der Waals surface area contributed by atoms with Crippen LogP contribution in [0.2, 0.25) is 5.02 Å². The molecule has 2 aromatic rings. The molecule has 1 atom stereocenters. The molecule has 0 spiro atoms. The lowest BCUT2D eigenvalue weighted by Crippen LogP contribution is -2.43. The van der Waals surface area contributed by atoms with E-state index in [2.05, 4.69) is 9.62 Å². The first-order valence-corrected chi connectivity index (χ1v) is 11.0. The fourth-order valence-electron chi connectivity index (χ4n) is 3.24. The Morgan fingerprint density at radius 1 is 1.15 bits per heavy atom. The summed E-state index contributed by atoms with van der Waals surface area (Å²) in [5.74, 6) is 0. The van der Waals surface area contributed by atoms with Crippen molar-refractivity contribution >= 4 is 21.6 Å². The Kier molecular flexibility index (Phi) is 6.89. The number of benzene rings is 2. The Labute approximate surface area is 166 Å². The fourth-order valence-corrected chi connectivity index (χ4v) is 4.47. The van der Waals surface area contributed by atoms with Crippen LogP contribution < -0.4 is 4.72 Å². The number of hydrogen-bond acceptors (Lipinski definition) is 4. The van der Waals surface area contributed by atoms with E-state index in [1.54, 1.807) is 12.1 Å². The van der Waals surface area contributed by atoms with E-state index >= 15 is 0 Å². The molecule has 0 saturated carbocycles. The minimum atomic E-state index is -3.58. The molecule has 0 aromatic heterocycles. The van der Waals surface area contributed by atoms with E-state index in [4.69, 9.17) is 16.3 Å². The maximum absolute atomic E-state index is 12.7. The highest BCUT2D eigenvalue weighted by molar-refractivity contribution is 7.89. The molecule has 0 bridgehead atoms. The van der Waals surface area contributed by atoms with Crippen LogP contribution in [0.3, 0.4) is 0 Å². The normalized spacial score (nSPS) is 17.0. The van der Waals surface area contributed by atoms with Crippen LogP contribution in [-0.2, 0) is 21.2 Å². The van der Waals surface area contributed by atoms with Crippen LogP contribution in [-0.4, -0.2) is 46.2 Å². The topological polar surface area (TPSA) is 58.6 Å². The molecular formula is C20H25ClN2O3S. The number of hydrogen-bond donors (Lipinski definition) is 1. The van der Waals surface area contributed by atoms with Gasteiger partial charge < -0.3 is 4.74 Å². The van der Waals surface area contributed by atoms with Crippen LogP contribution in [0.25, 0.3) is 0 Å². The van der Waals surface area contributed by atoms with Crippen LogP contribution in [0.5, 0.6) is 0 Å². The Morgan fingerprint density at radius 2 is 1.85 bits per heavy atom. The number of ether oxygens (including phenoxy) is 1. The number of nitrogens with one attached hydrogen (secondary N) is 1. The van der Waals surface area contributed by atoms with Crippen LogP contribution in [0.4, 0.5) is 0 Å². The predicted octanol–water partition coefficient (Wildman–Crippen LogP) is 3.25. The highest BCUT2D eigenvalue weighted by Gasteiger charge is 2.25. The molecular weight excluding hydrogens is 384 g/mol. The van der Waals surface area contributed by atoms with E-state index in [9.17, 15) is 8.42 Å². The molecule has 1 heterocycles. The first-order valence-electron chi connectivity index (χ1n) is 9.15. The number of sulfonamides is 1. The fraction of sp³-hybridized carbons (Fsp3) is 0.400. The molecule has 1 N–H and O–H groups in total. The number of halogens is 1. The summed E-state index contributed by atoms with van der Waals surface area (Å²) >= 11 is 6.16. The second-order valence-corrected chi connectivity index (χ2v) is 8.77. The molecule has 146 valence electrons. The predicted molar refractivity (Wildman–Crippen MR) is 108 cm³/mol. The van der Waals surface area contributed by atoms with E-state index in [1.165, 1.54) is 0 Å². The molecule has 2 aromatic carbocycles. The van der Waals surface area contributed by atoms with Crippen molar-refractivity contribution in [1.29, 1.82) is 0 Å². The van der Waals surface area contributed by atoms with Gasteiger partial charge in [0.2, 0.25) is 10.0 Å². The summed E-state index contributed by atoms with van der Waals surface area (Å²) in [6, 6.07) is 14.5. The maximum Gasteiger partial charge on any atom is 0.240 e. The van der Waals surface area contributed by atoms with Gasteiger partial charge >= 0.3 is 0 Å². The average Bonchev–Trinajstić information content (AvgIpc) is 2.69. The molecule has 5 nitrogen and oxygen atoms in total. The lowest BCUT2D eigenvalue weighted by atomic mass is 10.1. The summed E-state index contributed by atoms with van der Waals surface area (Å²) in [4.78, 5) is 2.52. The van der Waals surface area contributed by atoms with Crippen molar-refractivity contribution in [3.05, 3.63) is 64.7 Å². The Hall–Kier alpha value is -1.44. The third kappa shape index (κ3) is 5.30. The Morgan fingerprint density at radius 3 is 2.48 bits per heavy atom. The summed E-state index contributed by atoms with van der Waals surface area (Å²) in [5, 5.41) is 0.642. The second-order valence-electron chi connectivity index (χ2n) is 6.57. The van der Waals surface area contributed by atoms with Crippen LogP contribution >= 0.6 is 11.6 Å². The van der Waals surface area contributed by atoms with Crippen molar-refractivity contribution in [2.45, 2.75) is 24.3 Å². The Balaban J connectivity index is 1.78. The first kappa shape index (κ1) is 20.3. The lowest BCUT2D eigenvalue weighted by molar-refractivity contribution is 0.0172. The van der Waals surface area contributed by atoms with Gasteiger partial charge in [0, 0.05) is 30.7 Å². The van der Waals surface area contributed by atoms with Crippen LogP contribution in [0, 0.1) is 0 Å². The van der Waals surface area contributed by atoms with Crippen molar-refractivity contribution in [2.75, 3.05) is 32.8 Å². The Bertz CT molecular complexity index is 850. The zero-order valence-electron chi connectivity index (χ0n) is 15.4. The number of nitrogens with zero attached hydrogens (tertiary/aromatic N) is 1. The number of aryl methyl sites for hydroxylation is 1. The van der Waals surface area contributed by atoms with Gasteiger partial charge in [0.05, 0.1) is 18.1 Å². The minimum Gasteiger partial charge on any atom is -0.379 e. The van der Waals surface area contributed by atoms with Gasteiger partial charge in [-0.2, -0.15) is 0 Å². The van der Waals surface area contributed by atoms with Gasteiger partial charge in [0.25, 0.3) is 0 Å². The number of morpholine rings is 1. The van der Waals surface area contributed by atoms with E-state index in [-0.39, 0.29) is 17.5 Å². The SMILES string of the molecule is CCc1ccc(S(=O)(=O)NCC(c2cccc(Cl)c2)N2CCOCC2)cc1. The molecule has 7 heteroatoms. The third-order valence-electron chi connectivity index (χ3n) is 4.83. The van der Waals surface area contributed by atoms with E-state index in [1.807, 2.05) is 43.3 Å². The molecule has 3 rings (SSSR count). The standard InChI is InChI=1S/C20H25ClN2O3S/c1-2-16-6-8-19(9-7-16)27(24,25)22-15-20(23-10-12-26-13-11-23)17-4-3-5-18(21)14-17/h3-9,14,20,22H,2,10-13,15H2,1H3. The monoisotopic (exact) mass is 408 g/mol. The summed E-state index contributed by atoms with van der Waals surface area (Å²) in [7, 11) is -3.58. The first-order chi connectivity index (χ1) is 13.0. The van der Waals surface area contributed by atoms with Gasteiger partial charge in [-0.3, -0.25) is 4.90 Å². The number of rotatable bonds is 7. The lowest BCUT2D eigenvalue weighted by Gasteiger charge is -2.35. The highest BCUT2D eigenvalue weighted by atomic mass is 35.5. The van der Waals surface area contributed by atoms with Crippen LogP contribution in [0.15, 0.2) is 53.4 Å². The zero-order valence-corrected chi connectivity index (χ0v) is 17.0. The molecule has 0 amide bonds. The van der Waals surface area contributed by atoms with Crippen LogP contribution in [0.1, 0.15) is 24.1 Å². The highest BCUT2D eigenvalue weighted by Crippen LogP contribution is 2.24. The second kappa shape index (κ2) is 9.17. The summed E-state index contributed by atoms with van der Waals surface area (Å²) in [6.07, 6.45) is 0.877. The molecule has 1 saturated heterocycles. The largest absolute Gasteiger partial charge is 0.379 e. The van der Waals surface area contributed by atoms with Gasteiger partial charge in [-0.15, -0.1) is 0 Å². The van der Waals surface area contributed by atoms with Gasteiger partial charge in [0.1, 0.15) is 0 Å². The maximum atomic E-state index is 12.7. The minimum absolute atomic E-state index is 0.0997. The van der Waals surface area contributed by atoms with E-state index in [0.29, 0.717) is 18.2 Å². The summed E-state index contributed by atoms with van der Waals surface area (Å²) < 4.78 is 33.7. The molecule has 0 radical (unpaired) electrons. The molecule has 0 aliphatic carbocycles. The molecule has 1 unspecified atom stereocenters. The van der Waals surface area contributed by atoms with E-state index < -0.39 is 10.0 Å². The van der Waals surface area contributed by atoms with Crippen molar-refractivity contribution in [3.63, 3.8) is 0 Å². The summed E-state index contributed by atoms with van der Waals surface area (Å²) in [6.45, 7) is 5.11. The zero-order chi connectivity index (χ0) is 19.3. The average molecular weight is 409 g/mol. The summed E-state index contributed by atoms with van der Waals surface area (Å²) in [5.41, 5.74) is 2.10. The van der Waals surface area contributed by atoms with E-state index in [0.717, 1.165) is 30.6 Å². The molecule has 1 fully saturated rings. The van der Waals surface area contributed by atoms with Crippen molar-refractivity contribution in [1.82, 2.24) is 9.62 Å². The van der Waals surface area contributed by atoms with Crippen molar-refractivity contribution in [3.8, 4) is 0 Å². The molecule has 1 aliphatic heterocycles. The van der Waals surface area contributed by atoms with Gasteiger partial charge in [-0.05, 0) is 41.8 Å². The van der Waals surface area contributed by atoms with Crippen molar-refractivity contribution in [2.24, 2.45) is 0 Å². The van der Waals surface area contributed by atoms with Crippen molar-refractivity contribution < 1.29 is 13.2 Å². The smallest absolute Gasteiger partial charge is 0.240 e. The molecule has 1 aliphatic rings.